The van der Waals surface area contributed by atoms with Crippen molar-refractivity contribution in [3.63, 3.8) is 0 Å². The molecule has 0 aromatic heterocycles. The standard InChI is InChI=1S/C37H45BrN2O5/c1-3-40(32-18-9-5-10-19-32)25-31-23-30(24-33(38)34(31)39)37(43)45-21-12-6-11-20-44-36(42)26(2)28-16-13-17-29(22-28)35(41)27-14-7-4-8-15-27/h4,7-8,13-17,22-24,26,32H,3,5-6,9-12,18-21,25,39H2,1-2H3. The average Bonchev–Trinajstić information content (AvgIpc) is 3.08. The molecule has 0 amide bonds. The maximum atomic E-state index is 12.9. The van der Waals surface area contributed by atoms with Crippen molar-refractivity contribution in [3.05, 3.63) is 99.0 Å². The number of esters is 2. The second-order valence-electron chi connectivity index (χ2n) is 11.8. The Morgan fingerprint density at radius 3 is 2.27 bits per heavy atom. The summed E-state index contributed by atoms with van der Waals surface area (Å²) in [7, 11) is 0. The highest BCUT2D eigenvalue weighted by molar-refractivity contribution is 9.10. The van der Waals surface area contributed by atoms with Crippen molar-refractivity contribution >= 4 is 39.3 Å². The fraction of sp³-hybridized carbons (Fsp3) is 0.432. The number of ketones is 1. The maximum Gasteiger partial charge on any atom is 0.338 e. The van der Waals surface area contributed by atoms with Gasteiger partial charge >= 0.3 is 11.9 Å². The van der Waals surface area contributed by atoms with Gasteiger partial charge in [-0.15, -0.1) is 0 Å². The minimum Gasteiger partial charge on any atom is -0.465 e. The highest BCUT2D eigenvalue weighted by atomic mass is 79.9. The molecular formula is C37H45BrN2O5. The van der Waals surface area contributed by atoms with Crippen LogP contribution in [-0.2, 0) is 20.8 Å². The molecule has 1 aliphatic carbocycles. The Bertz CT molecular complexity index is 1440. The van der Waals surface area contributed by atoms with Crippen molar-refractivity contribution < 1.29 is 23.9 Å². The van der Waals surface area contributed by atoms with E-state index in [1.807, 2.05) is 30.3 Å². The number of benzene rings is 3. The Hall–Kier alpha value is -3.49. The Labute approximate surface area is 275 Å². The van der Waals surface area contributed by atoms with E-state index in [4.69, 9.17) is 15.2 Å². The van der Waals surface area contributed by atoms with Crippen molar-refractivity contribution in [1.82, 2.24) is 4.90 Å². The molecule has 1 fully saturated rings. The molecule has 0 spiro atoms. The van der Waals surface area contributed by atoms with E-state index >= 15 is 0 Å². The third-order valence-corrected chi connectivity index (χ3v) is 9.28. The molecule has 0 aliphatic heterocycles. The fourth-order valence-corrected chi connectivity index (χ4v) is 6.36. The number of nitrogens with two attached hydrogens (primary N) is 1. The van der Waals surface area contributed by atoms with Crippen LogP contribution < -0.4 is 5.73 Å². The first-order valence-corrected chi connectivity index (χ1v) is 16.9. The lowest BCUT2D eigenvalue weighted by Gasteiger charge is -2.34. The van der Waals surface area contributed by atoms with E-state index in [1.54, 1.807) is 43.3 Å². The van der Waals surface area contributed by atoms with E-state index in [2.05, 4.69) is 27.8 Å². The van der Waals surface area contributed by atoms with Crippen LogP contribution >= 0.6 is 15.9 Å². The minimum atomic E-state index is -0.495. The molecule has 1 aliphatic rings. The molecular weight excluding hydrogens is 632 g/mol. The van der Waals surface area contributed by atoms with Crippen LogP contribution in [0, 0.1) is 0 Å². The van der Waals surface area contributed by atoms with Crippen molar-refractivity contribution in [1.29, 1.82) is 0 Å². The Morgan fingerprint density at radius 2 is 1.56 bits per heavy atom. The molecule has 0 bridgehead atoms. The second-order valence-corrected chi connectivity index (χ2v) is 12.6. The van der Waals surface area contributed by atoms with Crippen LogP contribution in [0.1, 0.15) is 109 Å². The molecule has 2 N–H and O–H groups in total. The first kappa shape index (κ1) is 34.4. The summed E-state index contributed by atoms with van der Waals surface area (Å²) in [4.78, 5) is 40.8. The number of hydrogen-bond acceptors (Lipinski definition) is 7. The van der Waals surface area contributed by atoms with Gasteiger partial charge in [-0.05, 0) is 90.8 Å². The molecule has 0 saturated heterocycles. The molecule has 3 aromatic carbocycles. The van der Waals surface area contributed by atoms with Gasteiger partial charge in [0.15, 0.2) is 5.78 Å². The summed E-state index contributed by atoms with van der Waals surface area (Å²) < 4.78 is 11.8. The summed E-state index contributed by atoms with van der Waals surface area (Å²) in [6.07, 6.45) is 8.33. The summed E-state index contributed by atoms with van der Waals surface area (Å²) in [6, 6.07) is 20.4. The van der Waals surface area contributed by atoms with E-state index in [9.17, 15) is 14.4 Å². The van der Waals surface area contributed by atoms with Crippen LogP contribution in [0.2, 0.25) is 0 Å². The minimum absolute atomic E-state index is 0.0824. The van der Waals surface area contributed by atoms with Gasteiger partial charge in [0, 0.05) is 28.2 Å². The molecule has 240 valence electrons. The number of rotatable bonds is 15. The van der Waals surface area contributed by atoms with Crippen LogP contribution in [0.3, 0.4) is 0 Å². The zero-order valence-electron chi connectivity index (χ0n) is 26.4. The molecule has 45 heavy (non-hydrogen) atoms. The topological polar surface area (TPSA) is 98.9 Å². The van der Waals surface area contributed by atoms with Gasteiger partial charge < -0.3 is 15.2 Å². The van der Waals surface area contributed by atoms with Crippen LogP contribution in [0.5, 0.6) is 0 Å². The van der Waals surface area contributed by atoms with Gasteiger partial charge in [0.25, 0.3) is 0 Å². The first-order valence-electron chi connectivity index (χ1n) is 16.1. The number of carbonyl (C=O) groups is 3. The van der Waals surface area contributed by atoms with Gasteiger partial charge in [-0.1, -0.05) is 74.7 Å². The summed E-state index contributed by atoms with van der Waals surface area (Å²) in [5.74, 6) is -1.28. The monoisotopic (exact) mass is 676 g/mol. The second kappa shape index (κ2) is 17.3. The molecule has 0 heterocycles. The van der Waals surface area contributed by atoms with Crippen LogP contribution in [-0.4, -0.2) is 48.4 Å². The Morgan fingerprint density at radius 1 is 0.867 bits per heavy atom. The third-order valence-electron chi connectivity index (χ3n) is 8.63. The maximum absolute atomic E-state index is 12.9. The lowest BCUT2D eigenvalue weighted by molar-refractivity contribution is -0.145. The predicted molar refractivity (Wildman–Crippen MR) is 181 cm³/mol. The first-order chi connectivity index (χ1) is 21.8. The Balaban J connectivity index is 1.18. The van der Waals surface area contributed by atoms with Crippen molar-refractivity contribution in [2.45, 2.75) is 83.7 Å². The average molecular weight is 678 g/mol. The molecule has 1 saturated carbocycles. The van der Waals surface area contributed by atoms with E-state index in [-0.39, 0.29) is 30.9 Å². The number of anilines is 1. The molecule has 1 atom stereocenters. The summed E-state index contributed by atoms with van der Waals surface area (Å²) in [6.45, 7) is 6.17. The summed E-state index contributed by atoms with van der Waals surface area (Å²) >= 11 is 3.53. The van der Waals surface area contributed by atoms with Gasteiger partial charge in [0.05, 0.1) is 30.4 Å². The third kappa shape index (κ3) is 9.75. The van der Waals surface area contributed by atoms with Crippen LogP contribution in [0.25, 0.3) is 0 Å². The number of unbranched alkanes of at least 4 members (excludes halogenated alkanes) is 2. The molecule has 3 aromatic rings. The van der Waals surface area contributed by atoms with Gasteiger partial charge in [0.1, 0.15) is 0 Å². The van der Waals surface area contributed by atoms with Gasteiger partial charge in [0.2, 0.25) is 0 Å². The number of ether oxygens (including phenoxy) is 2. The number of carbonyl (C=O) groups excluding carboxylic acids is 3. The van der Waals surface area contributed by atoms with Gasteiger partial charge in [-0.2, -0.15) is 0 Å². The van der Waals surface area contributed by atoms with Gasteiger partial charge in [-0.3, -0.25) is 14.5 Å². The van der Waals surface area contributed by atoms with Crippen molar-refractivity contribution in [2.24, 2.45) is 0 Å². The Kier molecular flexibility index (Phi) is 13.2. The summed E-state index contributed by atoms with van der Waals surface area (Å²) in [5.41, 5.74) is 10.4. The van der Waals surface area contributed by atoms with Crippen molar-refractivity contribution in [3.8, 4) is 0 Å². The highest BCUT2D eigenvalue weighted by Crippen LogP contribution is 2.30. The largest absolute Gasteiger partial charge is 0.465 e. The van der Waals surface area contributed by atoms with Gasteiger partial charge in [-0.25, -0.2) is 4.79 Å². The molecule has 0 radical (unpaired) electrons. The van der Waals surface area contributed by atoms with Crippen LogP contribution in [0.4, 0.5) is 5.69 Å². The molecule has 4 rings (SSSR count). The molecule has 8 heteroatoms. The number of nitrogens with zero attached hydrogens (tertiary/aromatic N) is 1. The molecule has 1 unspecified atom stereocenters. The lowest BCUT2D eigenvalue weighted by Crippen LogP contribution is -2.36. The summed E-state index contributed by atoms with van der Waals surface area (Å²) in [5, 5.41) is 0. The number of nitrogen functional groups attached to an aromatic ring is 1. The fourth-order valence-electron chi connectivity index (χ4n) is 5.86. The smallest absolute Gasteiger partial charge is 0.338 e. The zero-order valence-corrected chi connectivity index (χ0v) is 28.0. The lowest BCUT2D eigenvalue weighted by atomic mass is 9.93. The molecule has 7 nitrogen and oxygen atoms in total. The van der Waals surface area contributed by atoms with E-state index in [0.717, 1.165) is 24.1 Å². The SMILES string of the molecule is CCN(Cc1cc(C(=O)OCCCCCOC(=O)C(C)c2cccc(C(=O)c3ccccc3)c2)cc(Br)c1N)C1CCCCC1. The van der Waals surface area contributed by atoms with Crippen LogP contribution in [0.15, 0.2) is 71.2 Å². The zero-order chi connectivity index (χ0) is 32.2. The quantitative estimate of drug-likeness (QED) is 0.0752. The highest BCUT2D eigenvalue weighted by Gasteiger charge is 2.22. The predicted octanol–water partition coefficient (Wildman–Crippen LogP) is 8.09. The van der Waals surface area contributed by atoms with Crippen molar-refractivity contribution in [2.75, 3.05) is 25.5 Å². The normalized spacial score (nSPS) is 14.2. The van der Waals surface area contributed by atoms with E-state index in [1.165, 1.54) is 32.1 Å². The number of halogens is 1. The van der Waals surface area contributed by atoms with E-state index < -0.39 is 5.92 Å². The van der Waals surface area contributed by atoms with E-state index in [0.29, 0.717) is 52.3 Å². The number of hydrogen-bond donors (Lipinski definition) is 1.